The highest BCUT2D eigenvalue weighted by molar-refractivity contribution is 5.91. The fourth-order valence-corrected chi connectivity index (χ4v) is 1.47. The molecule has 3 aromatic rings. The summed E-state index contributed by atoms with van der Waals surface area (Å²) in [6, 6.07) is 20.7. The lowest BCUT2D eigenvalue weighted by molar-refractivity contribution is 0.0665. The van der Waals surface area contributed by atoms with Crippen molar-refractivity contribution in [2.45, 2.75) is 0 Å². The second kappa shape index (κ2) is 5.68. The Morgan fingerprint density at radius 1 is 0.889 bits per heavy atom. The van der Waals surface area contributed by atoms with Gasteiger partial charge in [-0.25, -0.2) is 4.79 Å². The van der Waals surface area contributed by atoms with Gasteiger partial charge in [0.05, 0.1) is 0 Å². The largest absolute Gasteiger partial charge is 0.475 e. The van der Waals surface area contributed by atoms with Gasteiger partial charge in [-0.05, 0) is 12.1 Å². The predicted octanol–water partition coefficient (Wildman–Crippen LogP) is 3.82. The third-order valence-corrected chi connectivity index (χ3v) is 2.30. The van der Waals surface area contributed by atoms with Gasteiger partial charge in [-0.3, -0.25) is 0 Å². The standard InChI is InChI=1S/C9H6O3.C6H6/c10-9(11)8-5-6-3-1-2-4-7(6)12-8;1-2-4-6-5-3-1/h1-5H,(H,10,11);1-6H. The van der Waals surface area contributed by atoms with Gasteiger partial charge < -0.3 is 9.52 Å². The molecule has 3 heteroatoms. The number of furan rings is 1. The van der Waals surface area contributed by atoms with E-state index in [1.54, 1.807) is 12.1 Å². The van der Waals surface area contributed by atoms with E-state index in [-0.39, 0.29) is 5.76 Å². The average molecular weight is 240 g/mol. The van der Waals surface area contributed by atoms with E-state index in [4.69, 9.17) is 9.52 Å². The van der Waals surface area contributed by atoms with Gasteiger partial charge in [-0.1, -0.05) is 54.6 Å². The quantitative estimate of drug-likeness (QED) is 0.703. The molecule has 0 aliphatic heterocycles. The molecule has 0 bridgehead atoms. The minimum absolute atomic E-state index is 0.0174. The first-order valence-electron chi connectivity index (χ1n) is 5.49. The Balaban J connectivity index is 0.000000169. The molecule has 3 nitrogen and oxygen atoms in total. The first-order chi connectivity index (χ1) is 8.77. The fraction of sp³-hybridized carbons (Fsp3) is 0. The van der Waals surface area contributed by atoms with E-state index in [2.05, 4.69) is 0 Å². The molecule has 0 saturated carbocycles. The molecule has 18 heavy (non-hydrogen) atoms. The third-order valence-electron chi connectivity index (χ3n) is 2.30. The zero-order valence-electron chi connectivity index (χ0n) is 9.61. The van der Waals surface area contributed by atoms with Crippen molar-refractivity contribution in [2.24, 2.45) is 0 Å². The van der Waals surface area contributed by atoms with Crippen LogP contribution < -0.4 is 0 Å². The molecule has 0 aliphatic carbocycles. The van der Waals surface area contributed by atoms with E-state index in [1.165, 1.54) is 6.07 Å². The van der Waals surface area contributed by atoms with Crippen molar-refractivity contribution in [1.82, 2.24) is 0 Å². The topological polar surface area (TPSA) is 50.4 Å². The highest BCUT2D eigenvalue weighted by Crippen LogP contribution is 2.18. The van der Waals surface area contributed by atoms with Gasteiger partial charge in [-0.2, -0.15) is 0 Å². The van der Waals surface area contributed by atoms with Crippen LogP contribution in [-0.4, -0.2) is 11.1 Å². The van der Waals surface area contributed by atoms with Gasteiger partial charge in [0.2, 0.25) is 5.76 Å². The second-order valence-corrected chi connectivity index (χ2v) is 3.61. The Morgan fingerprint density at radius 2 is 1.44 bits per heavy atom. The molecule has 2 aromatic carbocycles. The number of carboxylic acids is 1. The second-order valence-electron chi connectivity index (χ2n) is 3.61. The molecular weight excluding hydrogens is 228 g/mol. The first-order valence-corrected chi connectivity index (χ1v) is 5.49. The number of para-hydroxylation sites is 1. The minimum Gasteiger partial charge on any atom is -0.475 e. The summed E-state index contributed by atoms with van der Waals surface area (Å²) >= 11 is 0. The van der Waals surface area contributed by atoms with Crippen LogP contribution in [0.4, 0.5) is 0 Å². The fourth-order valence-electron chi connectivity index (χ4n) is 1.47. The molecule has 3 rings (SSSR count). The van der Waals surface area contributed by atoms with E-state index in [9.17, 15) is 4.79 Å². The zero-order valence-corrected chi connectivity index (χ0v) is 9.61. The maximum absolute atomic E-state index is 10.5. The highest BCUT2D eigenvalue weighted by Gasteiger charge is 2.08. The lowest BCUT2D eigenvalue weighted by Gasteiger charge is -1.83. The zero-order chi connectivity index (χ0) is 12.8. The number of hydrogen-bond acceptors (Lipinski definition) is 2. The van der Waals surface area contributed by atoms with Crippen LogP contribution in [0.2, 0.25) is 0 Å². The normalized spacial score (nSPS) is 9.56. The number of hydrogen-bond donors (Lipinski definition) is 1. The number of carbonyl (C=O) groups is 1. The summed E-state index contributed by atoms with van der Waals surface area (Å²) in [5.74, 6) is -1.05. The van der Waals surface area contributed by atoms with E-state index >= 15 is 0 Å². The maximum atomic E-state index is 10.5. The van der Waals surface area contributed by atoms with E-state index in [1.807, 2.05) is 48.5 Å². The van der Waals surface area contributed by atoms with Gasteiger partial charge >= 0.3 is 5.97 Å². The number of fused-ring (bicyclic) bond motifs is 1. The highest BCUT2D eigenvalue weighted by atomic mass is 16.4. The van der Waals surface area contributed by atoms with Crippen molar-refractivity contribution in [2.75, 3.05) is 0 Å². The average Bonchev–Trinajstić information content (AvgIpc) is 2.85. The Kier molecular flexibility index (Phi) is 3.76. The number of aromatic carboxylic acids is 1. The summed E-state index contributed by atoms with van der Waals surface area (Å²) in [4.78, 5) is 10.5. The van der Waals surface area contributed by atoms with Crippen molar-refractivity contribution in [3.05, 3.63) is 72.5 Å². The Hall–Kier alpha value is -2.55. The van der Waals surface area contributed by atoms with Crippen LogP contribution in [0, 0.1) is 0 Å². The molecule has 0 atom stereocenters. The van der Waals surface area contributed by atoms with Crippen LogP contribution in [0.25, 0.3) is 11.0 Å². The molecule has 0 amide bonds. The summed E-state index contributed by atoms with van der Waals surface area (Å²) in [7, 11) is 0. The van der Waals surface area contributed by atoms with E-state index in [0.29, 0.717) is 5.58 Å². The van der Waals surface area contributed by atoms with Gasteiger partial charge in [0, 0.05) is 5.39 Å². The lowest BCUT2D eigenvalue weighted by atomic mass is 10.2. The van der Waals surface area contributed by atoms with Crippen LogP contribution in [-0.2, 0) is 0 Å². The predicted molar refractivity (Wildman–Crippen MR) is 69.6 cm³/mol. The molecular formula is C15H12O3. The van der Waals surface area contributed by atoms with Crippen molar-refractivity contribution < 1.29 is 14.3 Å². The molecule has 0 radical (unpaired) electrons. The third kappa shape index (κ3) is 2.98. The van der Waals surface area contributed by atoms with Crippen LogP contribution in [0.5, 0.6) is 0 Å². The first kappa shape index (κ1) is 11.9. The molecule has 1 N–H and O–H groups in total. The number of rotatable bonds is 1. The van der Waals surface area contributed by atoms with Crippen LogP contribution in [0.1, 0.15) is 10.6 Å². The van der Waals surface area contributed by atoms with Crippen LogP contribution in [0.3, 0.4) is 0 Å². The molecule has 0 saturated heterocycles. The Bertz CT molecular complexity index is 567. The van der Waals surface area contributed by atoms with Gasteiger partial charge in [0.25, 0.3) is 0 Å². The Morgan fingerprint density at radius 3 is 1.94 bits per heavy atom. The molecule has 0 fully saturated rings. The van der Waals surface area contributed by atoms with E-state index < -0.39 is 5.97 Å². The molecule has 90 valence electrons. The lowest BCUT2D eigenvalue weighted by Crippen LogP contribution is -1.91. The van der Waals surface area contributed by atoms with Crippen molar-refractivity contribution >= 4 is 16.9 Å². The monoisotopic (exact) mass is 240 g/mol. The summed E-state index contributed by atoms with van der Waals surface area (Å²) in [5.41, 5.74) is 0.606. The van der Waals surface area contributed by atoms with Gasteiger partial charge in [0.1, 0.15) is 5.58 Å². The van der Waals surface area contributed by atoms with Crippen molar-refractivity contribution in [1.29, 1.82) is 0 Å². The molecule has 1 aromatic heterocycles. The molecule has 0 aliphatic rings. The van der Waals surface area contributed by atoms with Crippen molar-refractivity contribution in [3.63, 3.8) is 0 Å². The summed E-state index contributed by atoms with van der Waals surface area (Å²) in [6.45, 7) is 0. The van der Waals surface area contributed by atoms with Gasteiger partial charge in [-0.15, -0.1) is 0 Å². The number of benzene rings is 2. The number of carboxylic acid groups (broad SMARTS) is 1. The summed E-state index contributed by atoms with van der Waals surface area (Å²) in [6.07, 6.45) is 0. The minimum atomic E-state index is -1.04. The van der Waals surface area contributed by atoms with E-state index in [0.717, 1.165) is 5.39 Å². The molecule has 0 unspecified atom stereocenters. The van der Waals surface area contributed by atoms with Crippen molar-refractivity contribution in [3.8, 4) is 0 Å². The van der Waals surface area contributed by atoms with Gasteiger partial charge in [0.15, 0.2) is 0 Å². The molecule has 1 heterocycles. The Labute approximate surface area is 104 Å². The smallest absolute Gasteiger partial charge is 0.371 e. The summed E-state index contributed by atoms with van der Waals surface area (Å²) in [5, 5.41) is 9.41. The summed E-state index contributed by atoms with van der Waals surface area (Å²) < 4.78 is 5.03. The molecule has 0 spiro atoms. The SMILES string of the molecule is O=C(O)c1cc2ccccc2o1.c1ccccc1. The van der Waals surface area contributed by atoms with Crippen LogP contribution in [0.15, 0.2) is 71.1 Å². The van der Waals surface area contributed by atoms with Crippen LogP contribution >= 0.6 is 0 Å². The maximum Gasteiger partial charge on any atom is 0.371 e.